The maximum atomic E-state index is 11.7. The fourth-order valence-electron chi connectivity index (χ4n) is 1.33. The lowest BCUT2D eigenvalue weighted by Gasteiger charge is -2.12. The van der Waals surface area contributed by atoms with Crippen LogP contribution in [0.2, 0.25) is 0 Å². The van der Waals surface area contributed by atoms with Gasteiger partial charge in [-0.05, 0) is 32.0 Å². The van der Waals surface area contributed by atoms with Crippen molar-refractivity contribution >= 4 is 23.3 Å². The van der Waals surface area contributed by atoms with E-state index in [0.29, 0.717) is 11.4 Å². The van der Waals surface area contributed by atoms with E-state index >= 15 is 0 Å². The molecule has 0 saturated carbocycles. The van der Waals surface area contributed by atoms with Crippen molar-refractivity contribution in [2.45, 2.75) is 20.0 Å². The molecular weight excluding hydrogens is 236 g/mol. The van der Waals surface area contributed by atoms with Crippen LogP contribution in [0.5, 0.6) is 0 Å². The van der Waals surface area contributed by atoms with E-state index in [2.05, 4.69) is 0 Å². The summed E-state index contributed by atoms with van der Waals surface area (Å²) in [6.45, 7) is 3.34. The Bertz CT molecular complexity index is 439. The number of hydrogen-bond donors (Lipinski definition) is 2. The Labute approximate surface area is 105 Å². The molecule has 0 aliphatic heterocycles. The Kier molecular flexibility index (Phi) is 4.53. The molecule has 1 aromatic carbocycles. The number of nitrogen functional groups attached to an aromatic ring is 2. The van der Waals surface area contributed by atoms with Gasteiger partial charge in [0.05, 0.1) is 12.2 Å². The second-order valence-corrected chi connectivity index (χ2v) is 3.69. The molecule has 0 aromatic heterocycles. The molecule has 18 heavy (non-hydrogen) atoms. The number of rotatable bonds is 4. The largest absolute Gasteiger partial charge is 0.463 e. The predicted octanol–water partition coefficient (Wildman–Crippen LogP) is 0.959. The second-order valence-electron chi connectivity index (χ2n) is 3.69. The lowest BCUT2D eigenvalue weighted by Crippen LogP contribution is -2.26. The van der Waals surface area contributed by atoms with Gasteiger partial charge in [-0.3, -0.25) is 0 Å². The van der Waals surface area contributed by atoms with Crippen LogP contribution < -0.4 is 11.5 Å². The summed E-state index contributed by atoms with van der Waals surface area (Å²) in [5, 5.41) is 0. The van der Waals surface area contributed by atoms with Gasteiger partial charge in [0.2, 0.25) is 0 Å². The van der Waals surface area contributed by atoms with E-state index in [1.165, 1.54) is 25.1 Å². The maximum absolute atomic E-state index is 11.7. The lowest BCUT2D eigenvalue weighted by atomic mass is 10.2. The zero-order chi connectivity index (χ0) is 13.7. The van der Waals surface area contributed by atoms with Crippen LogP contribution in [0.25, 0.3) is 0 Å². The van der Waals surface area contributed by atoms with Crippen LogP contribution in [0.1, 0.15) is 24.2 Å². The number of esters is 2. The van der Waals surface area contributed by atoms with Crippen LogP contribution in [-0.4, -0.2) is 24.6 Å². The molecule has 0 radical (unpaired) electrons. The van der Waals surface area contributed by atoms with Gasteiger partial charge in [0, 0.05) is 11.4 Å². The van der Waals surface area contributed by atoms with Gasteiger partial charge in [0.15, 0.2) is 6.10 Å². The molecule has 0 aliphatic rings. The molecule has 6 heteroatoms. The summed E-state index contributed by atoms with van der Waals surface area (Å²) in [4.78, 5) is 23.0. The number of benzene rings is 1. The molecule has 0 saturated heterocycles. The third kappa shape index (κ3) is 3.65. The fraction of sp³-hybridized carbons (Fsp3) is 0.333. The average molecular weight is 252 g/mol. The second kappa shape index (κ2) is 5.90. The minimum absolute atomic E-state index is 0.198. The normalized spacial score (nSPS) is 11.7. The quantitative estimate of drug-likeness (QED) is 0.610. The Hall–Kier alpha value is -2.24. The SMILES string of the molecule is CCOC(=O)C(C)OC(=O)c1cc(N)cc(N)c1. The molecule has 1 rings (SSSR count). The van der Waals surface area contributed by atoms with E-state index in [1.54, 1.807) is 6.92 Å². The highest BCUT2D eigenvalue weighted by Gasteiger charge is 2.20. The smallest absolute Gasteiger partial charge is 0.347 e. The predicted molar refractivity (Wildman–Crippen MR) is 66.8 cm³/mol. The summed E-state index contributed by atoms with van der Waals surface area (Å²) in [5.41, 5.74) is 12.0. The standard InChI is InChI=1S/C12H16N2O4/c1-3-17-11(15)7(2)18-12(16)8-4-9(13)6-10(14)5-8/h4-7H,3,13-14H2,1-2H3. The fourth-order valence-corrected chi connectivity index (χ4v) is 1.33. The summed E-state index contributed by atoms with van der Waals surface area (Å²) in [6, 6.07) is 4.37. The van der Waals surface area contributed by atoms with Crippen LogP contribution in [0, 0.1) is 0 Å². The first-order valence-corrected chi connectivity index (χ1v) is 5.47. The molecule has 1 atom stereocenters. The van der Waals surface area contributed by atoms with Gasteiger partial charge in [-0.1, -0.05) is 0 Å². The van der Waals surface area contributed by atoms with Crippen molar-refractivity contribution in [1.82, 2.24) is 0 Å². The third-order valence-electron chi connectivity index (χ3n) is 2.12. The average Bonchev–Trinajstić information content (AvgIpc) is 2.27. The number of nitrogens with two attached hydrogens (primary N) is 2. The third-order valence-corrected chi connectivity index (χ3v) is 2.12. The summed E-state index contributed by atoms with van der Waals surface area (Å²) >= 11 is 0. The Morgan fingerprint density at radius 1 is 1.22 bits per heavy atom. The van der Waals surface area contributed by atoms with Gasteiger partial charge in [0.25, 0.3) is 0 Å². The summed E-state index contributed by atoms with van der Waals surface area (Å²) in [6.07, 6.45) is -0.972. The van der Waals surface area contributed by atoms with Gasteiger partial charge >= 0.3 is 11.9 Å². The highest BCUT2D eigenvalue weighted by Crippen LogP contribution is 2.15. The number of ether oxygens (including phenoxy) is 2. The number of carbonyl (C=O) groups is 2. The van der Waals surface area contributed by atoms with E-state index in [4.69, 9.17) is 20.9 Å². The van der Waals surface area contributed by atoms with Crippen LogP contribution in [-0.2, 0) is 14.3 Å². The van der Waals surface area contributed by atoms with Gasteiger partial charge in [-0.25, -0.2) is 9.59 Å². The van der Waals surface area contributed by atoms with Gasteiger partial charge < -0.3 is 20.9 Å². The van der Waals surface area contributed by atoms with Crippen molar-refractivity contribution in [3.05, 3.63) is 23.8 Å². The number of hydrogen-bond acceptors (Lipinski definition) is 6. The van der Waals surface area contributed by atoms with Gasteiger partial charge in [-0.15, -0.1) is 0 Å². The van der Waals surface area contributed by atoms with Gasteiger partial charge in [0.1, 0.15) is 0 Å². The van der Waals surface area contributed by atoms with Crippen molar-refractivity contribution in [3.8, 4) is 0 Å². The first kappa shape index (κ1) is 13.8. The first-order chi connectivity index (χ1) is 8.43. The van der Waals surface area contributed by atoms with Crippen LogP contribution in [0.3, 0.4) is 0 Å². The monoisotopic (exact) mass is 252 g/mol. The molecule has 0 spiro atoms. The molecule has 6 nitrogen and oxygen atoms in total. The molecule has 98 valence electrons. The Morgan fingerprint density at radius 3 is 2.28 bits per heavy atom. The van der Waals surface area contributed by atoms with E-state index < -0.39 is 18.0 Å². The van der Waals surface area contributed by atoms with Crippen LogP contribution in [0.15, 0.2) is 18.2 Å². The van der Waals surface area contributed by atoms with E-state index in [1.807, 2.05) is 0 Å². The highest BCUT2D eigenvalue weighted by atomic mass is 16.6. The minimum atomic E-state index is -0.972. The maximum Gasteiger partial charge on any atom is 0.347 e. The minimum Gasteiger partial charge on any atom is -0.463 e. The van der Waals surface area contributed by atoms with Crippen molar-refractivity contribution in [3.63, 3.8) is 0 Å². The molecule has 0 amide bonds. The summed E-state index contributed by atoms with van der Waals surface area (Å²) in [7, 11) is 0. The molecule has 0 aliphatic carbocycles. The zero-order valence-electron chi connectivity index (χ0n) is 10.3. The Balaban J connectivity index is 2.73. The highest BCUT2D eigenvalue weighted by molar-refractivity contribution is 5.93. The van der Waals surface area contributed by atoms with E-state index in [-0.39, 0.29) is 12.2 Å². The number of anilines is 2. The van der Waals surface area contributed by atoms with Crippen LogP contribution >= 0.6 is 0 Å². The van der Waals surface area contributed by atoms with Crippen LogP contribution in [0.4, 0.5) is 11.4 Å². The Morgan fingerprint density at radius 2 is 1.78 bits per heavy atom. The summed E-state index contributed by atoms with van der Waals surface area (Å²) in [5.74, 6) is -1.27. The summed E-state index contributed by atoms with van der Waals surface area (Å²) < 4.78 is 9.66. The first-order valence-electron chi connectivity index (χ1n) is 5.47. The number of carbonyl (C=O) groups excluding carboxylic acids is 2. The van der Waals surface area contributed by atoms with E-state index in [9.17, 15) is 9.59 Å². The van der Waals surface area contributed by atoms with Crippen molar-refractivity contribution in [2.24, 2.45) is 0 Å². The lowest BCUT2D eigenvalue weighted by molar-refractivity contribution is -0.152. The molecule has 0 fully saturated rings. The molecule has 0 heterocycles. The van der Waals surface area contributed by atoms with E-state index in [0.717, 1.165) is 0 Å². The molecule has 4 N–H and O–H groups in total. The van der Waals surface area contributed by atoms with Crippen molar-refractivity contribution in [1.29, 1.82) is 0 Å². The molecule has 1 aromatic rings. The molecule has 0 bridgehead atoms. The topological polar surface area (TPSA) is 105 Å². The molecule has 1 unspecified atom stereocenters. The van der Waals surface area contributed by atoms with Crippen molar-refractivity contribution < 1.29 is 19.1 Å². The van der Waals surface area contributed by atoms with Gasteiger partial charge in [-0.2, -0.15) is 0 Å². The zero-order valence-corrected chi connectivity index (χ0v) is 10.3. The molecular formula is C12H16N2O4. The van der Waals surface area contributed by atoms with Crippen molar-refractivity contribution in [2.75, 3.05) is 18.1 Å².